The Morgan fingerprint density at radius 1 is 1.21 bits per heavy atom. The average Bonchev–Trinajstić information content (AvgIpc) is 2.95. The standard InChI is InChI=1S/C18H22N4O6S/c1-13-5-7-15(8-6-13)29(27,28)12-14(10-18(2,3)22(25)26)9-16-19-11-17(20(16)4)21(23)24/h5-9,11H,10,12H2,1-4H3/b14-9+. The summed E-state index contributed by atoms with van der Waals surface area (Å²) in [7, 11) is -2.36. The SMILES string of the molecule is Cc1ccc(S(=O)(=O)C/C(=C/c2ncc([N+](=O)[O-])n2C)CC(C)(C)[N+](=O)[O-])cc1. The third-order valence-corrected chi connectivity index (χ3v) is 6.17. The molecule has 156 valence electrons. The summed E-state index contributed by atoms with van der Waals surface area (Å²) >= 11 is 0. The lowest BCUT2D eigenvalue weighted by Crippen LogP contribution is -2.32. The Morgan fingerprint density at radius 3 is 2.28 bits per heavy atom. The van der Waals surface area contributed by atoms with Crippen molar-refractivity contribution in [2.45, 2.75) is 37.6 Å². The van der Waals surface area contributed by atoms with Gasteiger partial charge >= 0.3 is 5.82 Å². The van der Waals surface area contributed by atoms with Crippen molar-refractivity contribution in [3.8, 4) is 0 Å². The number of benzene rings is 1. The molecule has 2 aromatic rings. The van der Waals surface area contributed by atoms with Crippen LogP contribution >= 0.6 is 0 Å². The molecule has 0 aliphatic heterocycles. The molecule has 0 fully saturated rings. The van der Waals surface area contributed by atoms with Crippen LogP contribution in [0, 0.1) is 27.2 Å². The monoisotopic (exact) mass is 422 g/mol. The van der Waals surface area contributed by atoms with E-state index in [0.717, 1.165) is 11.8 Å². The molecule has 0 spiro atoms. The van der Waals surface area contributed by atoms with E-state index in [1.165, 1.54) is 43.7 Å². The molecule has 11 heteroatoms. The topological polar surface area (TPSA) is 138 Å². The normalized spacial score (nSPS) is 12.8. The number of sulfone groups is 1. The first-order valence-corrected chi connectivity index (χ1v) is 10.3. The molecule has 0 saturated heterocycles. The Bertz CT molecular complexity index is 1070. The van der Waals surface area contributed by atoms with Crippen LogP contribution in [0.2, 0.25) is 0 Å². The van der Waals surface area contributed by atoms with E-state index in [-0.39, 0.29) is 28.5 Å². The second-order valence-corrected chi connectivity index (χ2v) is 9.40. The van der Waals surface area contributed by atoms with Crippen LogP contribution in [-0.4, -0.2) is 39.1 Å². The molecule has 0 unspecified atom stereocenters. The Morgan fingerprint density at radius 2 is 1.79 bits per heavy atom. The average molecular weight is 422 g/mol. The van der Waals surface area contributed by atoms with E-state index in [0.29, 0.717) is 0 Å². The van der Waals surface area contributed by atoms with Crippen LogP contribution in [0.1, 0.15) is 31.7 Å². The molecular formula is C18H22N4O6S. The molecule has 10 nitrogen and oxygen atoms in total. The van der Waals surface area contributed by atoms with Crippen LogP contribution in [-0.2, 0) is 16.9 Å². The second kappa shape index (κ2) is 8.11. The lowest BCUT2D eigenvalue weighted by molar-refractivity contribution is -0.559. The molecule has 29 heavy (non-hydrogen) atoms. The number of nitrogens with zero attached hydrogens (tertiary/aromatic N) is 4. The summed E-state index contributed by atoms with van der Waals surface area (Å²) in [6.45, 7) is 4.61. The van der Waals surface area contributed by atoms with Crippen molar-refractivity contribution in [2.24, 2.45) is 7.05 Å². The number of hydrogen-bond donors (Lipinski definition) is 0. The highest BCUT2D eigenvalue weighted by atomic mass is 32.2. The van der Waals surface area contributed by atoms with E-state index >= 15 is 0 Å². The van der Waals surface area contributed by atoms with Crippen LogP contribution in [0.3, 0.4) is 0 Å². The van der Waals surface area contributed by atoms with Gasteiger partial charge in [0.1, 0.15) is 6.20 Å². The molecule has 0 amide bonds. The lowest BCUT2D eigenvalue weighted by Gasteiger charge is -2.18. The molecule has 2 rings (SSSR count). The van der Waals surface area contributed by atoms with Gasteiger partial charge < -0.3 is 10.1 Å². The lowest BCUT2D eigenvalue weighted by atomic mass is 9.96. The number of nitro groups is 2. The second-order valence-electron chi connectivity index (χ2n) is 7.41. The third-order valence-electron chi connectivity index (χ3n) is 4.43. The van der Waals surface area contributed by atoms with Crippen LogP contribution in [0.4, 0.5) is 5.82 Å². The summed E-state index contributed by atoms with van der Waals surface area (Å²) in [6.07, 6.45) is 2.26. The first-order valence-electron chi connectivity index (χ1n) is 8.63. The molecule has 0 atom stereocenters. The van der Waals surface area contributed by atoms with Gasteiger partial charge in [0.15, 0.2) is 9.84 Å². The minimum absolute atomic E-state index is 0.0960. The smallest absolute Gasteiger partial charge is 0.342 e. The van der Waals surface area contributed by atoms with Gasteiger partial charge in [0.2, 0.25) is 11.4 Å². The maximum absolute atomic E-state index is 12.9. The fourth-order valence-electron chi connectivity index (χ4n) is 2.74. The predicted molar refractivity (Wildman–Crippen MR) is 107 cm³/mol. The van der Waals surface area contributed by atoms with E-state index in [4.69, 9.17) is 0 Å². The van der Waals surface area contributed by atoms with Crippen molar-refractivity contribution < 1.29 is 18.3 Å². The van der Waals surface area contributed by atoms with Gasteiger partial charge in [-0.2, -0.15) is 0 Å². The number of imidazole rings is 1. The Labute approximate surface area is 168 Å². The van der Waals surface area contributed by atoms with E-state index in [2.05, 4.69) is 4.98 Å². The summed E-state index contributed by atoms with van der Waals surface area (Å²) in [5, 5.41) is 22.4. The van der Waals surface area contributed by atoms with Crippen molar-refractivity contribution in [2.75, 3.05) is 5.75 Å². The van der Waals surface area contributed by atoms with Gasteiger partial charge in [-0.1, -0.05) is 17.7 Å². The van der Waals surface area contributed by atoms with Crippen LogP contribution in [0.5, 0.6) is 0 Å². The highest BCUT2D eigenvalue weighted by Gasteiger charge is 2.34. The number of aryl methyl sites for hydroxylation is 1. The summed E-state index contributed by atoms with van der Waals surface area (Å²) < 4.78 is 26.9. The van der Waals surface area contributed by atoms with E-state index in [9.17, 15) is 28.6 Å². The largest absolute Gasteiger partial charge is 0.358 e. The highest BCUT2D eigenvalue weighted by molar-refractivity contribution is 7.91. The fraction of sp³-hybridized carbons (Fsp3) is 0.389. The van der Waals surface area contributed by atoms with Gasteiger partial charge in [-0.15, -0.1) is 0 Å². The first-order chi connectivity index (χ1) is 13.3. The Kier molecular flexibility index (Phi) is 6.21. The van der Waals surface area contributed by atoms with Crippen LogP contribution in [0.25, 0.3) is 6.08 Å². The molecule has 0 radical (unpaired) electrons. The van der Waals surface area contributed by atoms with Crippen molar-refractivity contribution in [1.29, 1.82) is 0 Å². The zero-order chi connectivity index (χ0) is 22.0. The molecule has 1 heterocycles. The predicted octanol–water partition coefficient (Wildman–Crippen LogP) is 2.94. The summed E-state index contributed by atoms with van der Waals surface area (Å²) in [6, 6.07) is 6.29. The van der Waals surface area contributed by atoms with Crippen molar-refractivity contribution in [1.82, 2.24) is 9.55 Å². The summed E-state index contributed by atoms with van der Waals surface area (Å²) in [5.41, 5.74) is -0.295. The molecule has 1 aromatic carbocycles. The van der Waals surface area contributed by atoms with Gasteiger partial charge in [0.05, 0.1) is 17.7 Å². The Balaban J connectivity index is 2.49. The van der Waals surface area contributed by atoms with Gasteiger partial charge in [-0.3, -0.25) is 10.1 Å². The fourth-order valence-corrected chi connectivity index (χ4v) is 4.13. The van der Waals surface area contributed by atoms with Crippen molar-refractivity contribution >= 4 is 21.7 Å². The maximum Gasteiger partial charge on any atom is 0.342 e. The van der Waals surface area contributed by atoms with E-state index < -0.39 is 31.0 Å². The minimum Gasteiger partial charge on any atom is -0.358 e. The minimum atomic E-state index is -3.78. The van der Waals surface area contributed by atoms with Gasteiger partial charge in [0, 0.05) is 31.3 Å². The highest BCUT2D eigenvalue weighted by Crippen LogP contribution is 2.26. The molecule has 1 aromatic heterocycles. The first kappa shape index (κ1) is 22.2. The summed E-state index contributed by atoms with van der Waals surface area (Å²) in [5.74, 6) is -0.593. The van der Waals surface area contributed by atoms with Crippen LogP contribution < -0.4 is 0 Å². The van der Waals surface area contributed by atoms with Gasteiger partial charge in [-0.25, -0.2) is 18.0 Å². The van der Waals surface area contributed by atoms with E-state index in [1.807, 2.05) is 6.92 Å². The van der Waals surface area contributed by atoms with Gasteiger partial charge in [-0.05, 0) is 29.6 Å². The number of rotatable bonds is 8. The molecular weight excluding hydrogens is 400 g/mol. The Hall–Kier alpha value is -3.08. The quantitative estimate of drug-likeness (QED) is 0.471. The zero-order valence-electron chi connectivity index (χ0n) is 16.5. The van der Waals surface area contributed by atoms with Gasteiger partial charge in [0.25, 0.3) is 0 Å². The van der Waals surface area contributed by atoms with Crippen molar-refractivity contribution in [3.63, 3.8) is 0 Å². The molecule has 0 aliphatic rings. The van der Waals surface area contributed by atoms with E-state index in [1.54, 1.807) is 12.1 Å². The maximum atomic E-state index is 12.9. The molecule has 0 N–H and O–H groups in total. The van der Waals surface area contributed by atoms with Crippen molar-refractivity contribution in [3.05, 3.63) is 67.7 Å². The molecule has 0 bridgehead atoms. The third kappa shape index (κ3) is 5.25. The van der Waals surface area contributed by atoms with Crippen LogP contribution in [0.15, 0.2) is 40.9 Å². The molecule has 0 aliphatic carbocycles. The summed E-state index contributed by atoms with van der Waals surface area (Å²) in [4.78, 5) is 25.3. The zero-order valence-corrected chi connectivity index (χ0v) is 17.3. The number of hydrogen-bond acceptors (Lipinski definition) is 7. The molecule has 0 saturated carbocycles. The number of aromatic nitrogens is 2.